The van der Waals surface area contributed by atoms with E-state index in [4.69, 9.17) is 34.8 Å². The average Bonchev–Trinajstić information content (AvgIpc) is 2.39. The van der Waals surface area contributed by atoms with Gasteiger partial charge in [-0.05, 0) is 44.0 Å². The second-order valence-corrected chi connectivity index (χ2v) is 6.47. The number of carbonyl (C=O) groups is 1. The second kappa shape index (κ2) is 6.99. The third-order valence-corrected chi connectivity index (χ3v) is 4.56. The summed E-state index contributed by atoms with van der Waals surface area (Å²) in [5.74, 6) is 0.665. The van der Waals surface area contributed by atoms with Gasteiger partial charge in [-0.2, -0.15) is 0 Å². The lowest BCUT2D eigenvalue weighted by molar-refractivity contribution is -0.117. The van der Waals surface area contributed by atoms with Gasteiger partial charge >= 0.3 is 0 Å². The number of hydrogen-bond acceptors (Lipinski definition) is 2. The summed E-state index contributed by atoms with van der Waals surface area (Å²) >= 11 is 17.8. The Labute approximate surface area is 134 Å². The molecule has 0 atom stereocenters. The number of likely N-dealkylation sites (tertiary alicyclic amines) is 1. The maximum absolute atomic E-state index is 12.0. The highest BCUT2D eigenvalue weighted by atomic mass is 35.5. The average molecular weight is 336 g/mol. The van der Waals surface area contributed by atoms with E-state index in [0.29, 0.717) is 27.3 Å². The Morgan fingerprint density at radius 2 is 1.80 bits per heavy atom. The van der Waals surface area contributed by atoms with Gasteiger partial charge in [0.2, 0.25) is 5.91 Å². The van der Waals surface area contributed by atoms with Crippen LogP contribution in [0, 0.1) is 5.92 Å². The first kappa shape index (κ1) is 15.9. The highest BCUT2D eigenvalue weighted by Gasteiger charge is 2.18. The molecule has 1 aliphatic rings. The van der Waals surface area contributed by atoms with Crippen molar-refractivity contribution in [2.75, 3.05) is 25.0 Å². The first-order chi connectivity index (χ1) is 9.45. The number of carbonyl (C=O) groups excluding carboxylic acids is 1. The molecule has 3 nitrogen and oxygen atoms in total. The van der Waals surface area contributed by atoms with E-state index in [1.165, 1.54) is 6.07 Å². The molecule has 20 heavy (non-hydrogen) atoms. The van der Waals surface area contributed by atoms with E-state index in [1.807, 2.05) is 0 Å². The molecule has 0 aromatic heterocycles. The molecule has 1 saturated heterocycles. The van der Waals surface area contributed by atoms with Gasteiger partial charge in [-0.15, -0.1) is 0 Å². The number of amides is 1. The molecule has 1 aromatic rings. The number of rotatable bonds is 3. The van der Waals surface area contributed by atoms with Gasteiger partial charge < -0.3 is 5.32 Å². The Bertz CT molecular complexity index is 499. The van der Waals surface area contributed by atoms with Crippen LogP contribution < -0.4 is 5.32 Å². The van der Waals surface area contributed by atoms with Crippen LogP contribution in [-0.2, 0) is 4.79 Å². The maximum atomic E-state index is 12.0. The minimum absolute atomic E-state index is 0.0835. The summed E-state index contributed by atoms with van der Waals surface area (Å²) in [4.78, 5) is 14.2. The van der Waals surface area contributed by atoms with Crippen molar-refractivity contribution in [3.8, 4) is 0 Å². The third-order valence-electron chi connectivity index (χ3n) is 3.53. The summed E-state index contributed by atoms with van der Waals surface area (Å²) in [6, 6.07) is 3.10. The van der Waals surface area contributed by atoms with Crippen molar-refractivity contribution >= 4 is 46.4 Å². The molecule has 0 saturated carbocycles. The Hall–Kier alpha value is -0.480. The Morgan fingerprint density at radius 1 is 1.20 bits per heavy atom. The van der Waals surface area contributed by atoms with Crippen molar-refractivity contribution in [3.63, 3.8) is 0 Å². The highest BCUT2D eigenvalue weighted by molar-refractivity contribution is 6.44. The second-order valence-electron chi connectivity index (χ2n) is 5.25. The minimum atomic E-state index is -0.0835. The van der Waals surface area contributed by atoms with E-state index in [0.717, 1.165) is 31.8 Å². The van der Waals surface area contributed by atoms with Gasteiger partial charge in [0.25, 0.3) is 0 Å². The summed E-state index contributed by atoms with van der Waals surface area (Å²) in [6.45, 7) is 4.55. The Morgan fingerprint density at radius 3 is 2.45 bits per heavy atom. The molecule has 1 aromatic carbocycles. The molecule has 0 radical (unpaired) electrons. The first-order valence-electron chi connectivity index (χ1n) is 6.62. The molecular formula is C14H17Cl3N2O. The van der Waals surface area contributed by atoms with Crippen LogP contribution in [0.4, 0.5) is 5.69 Å². The van der Waals surface area contributed by atoms with Crippen LogP contribution in [0.2, 0.25) is 15.1 Å². The summed E-state index contributed by atoms with van der Waals surface area (Å²) in [7, 11) is 0. The zero-order valence-electron chi connectivity index (χ0n) is 11.3. The van der Waals surface area contributed by atoms with Crippen molar-refractivity contribution in [3.05, 3.63) is 27.2 Å². The van der Waals surface area contributed by atoms with Crippen molar-refractivity contribution in [1.82, 2.24) is 4.90 Å². The molecular weight excluding hydrogens is 319 g/mol. The van der Waals surface area contributed by atoms with Crippen LogP contribution in [0.3, 0.4) is 0 Å². The fraction of sp³-hybridized carbons (Fsp3) is 0.500. The van der Waals surface area contributed by atoms with Gasteiger partial charge in [0.15, 0.2) is 0 Å². The van der Waals surface area contributed by atoms with Gasteiger partial charge in [-0.3, -0.25) is 9.69 Å². The molecule has 0 aliphatic carbocycles. The predicted octanol–water partition coefficient (Wildman–Crippen LogP) is 4.32. The van der Waals surface area contributed by atoms with Gasteiger partial charge in [0, 0.05) is 0 Å². The van der Waals surface area contributed by atoms with Gasteiger partial charge in [-0.1, -0.05) is 41.7 Å². The number of nitrogens with zero attached hydrogens (tertiary/aromatic N) is 1. The normalized spacial score (nSPS) is 17.2. The molecule has 6 heteroatoms. The quantitative estimate of drug-likeness (QED) is 0.834. The van der Waals surface area contributed by atoms with E-state index < -0.39 is 0 Å². The lowest BCUT2D eigenvalue weighted by Gasteiger charge is -2.29. The molecule has 1 amide bonds. The smallest absolute Gasteiger partial charge is 0.238 e. The van der Waals surface area contributed by atoms with Crippen LogP contribution in [0.15, 0.2) is 12.1 Å². The van der Waals surface area contributed by atoms with Crippen molar-refractivity contribution in [1.29, 1.82) is 0 Å². The molecule has 0 unspecified atom stereocenters. The molecule has 0 spiro atoms. The van der Waals surface area contributed by atoms with Crippen LogP contribution in [-0.4, -0.2) is 30.4 Å². The van der Waals surface area contributed by atoms with Crippen LogP contribution in [0.1, 0.15) is 19.8 Å². The molecule has 1 heterocycles. The number of benzene rings is 1. The number of nitrogens with one attached hydrogen (secondary N) is 1. The van der Waals surface area contributed by atoms with E-state index in [2.05, 4.69) is 17.1 Å². The van der Waals surface area contributed by atoms with Crippen molar-refractivity contribution < 1.29 is 4.79 Å². The molecule has 0 bridgehead atoms. The predicted molar refractivity (Wildman–Crippen MR) is 84.9 cm³/mol. The molecule has 1 N–H and O–H groups in total. The number of hydrogen-bond donors (Lipinski definition) is 1. The summed E-state index contributed by atoms with van der Waals surface area (Å²) in [5.41, 5.74) is 0.497. The summed E-state index contributed by atoms with van der Waals surface area (Å²) in [6.07, 6.45) is 2.28. The van der Waals surface area contributed by atoms with Crippen LogP contribution in [0.25, 0.3) is 0 Å². The first-order valence-corrected chi connectivity index (χ1v) is 7.76. The zero-order valence-corrected chi connectivity index (χ0v) is 13.5. The van der Waals surface area contributed by atoms with E-state index in [1.54, 1.807) is 6.07 Å². The molecule has 1 fully saturated rings. The zero-order chi connectivity index (χ0) is 14.7. The van der Waals surface area contributed by atoms with Gasteiger partial charge in [0.1, 0.15) is 0 Å². The van der Waals surface area contributed by atoms with E-state index in [9.17, 15) is 4.79 Å². The number of piperidine rings is 1. The van der Waals surface area contributed by atoms with Crippen molar-refractivity contribution in [2.24, 2.45) is 5.92 Å². The maximum Gasteiger partial charge on any atom is 0.238 e. The fourth-order valence-electron chi connectivity index (χ4n) is 2.23. The van der Waals surface area contributed by atoms with Gasteiger partial charge in [-0.25, -0.2) is 0 Å². The topological polar surface area (TPSA) is 32.3 Å². The van der Waals surface area contributed by atoms with Crippen LogP contribution >= 0.6 is 34.8 Å². The summed E-state index contributed by atoms with van der Waals surface area (Å²) < 4.78 is 0. The van der Waals surface area contributed by atoms with E-state index >= 15 is 0 Å². The highest BCUT2D eigenvalue weighted by Crippen LogP contribution is 2.32. The molecule has 2 rings (SSSR count). The minimum Gasteiger partial charge on any atom is -0.324 e. The standard InChI is InChI=1S/C14H17Cl3N2O/c1-9-2-4-19(5-3-9)8-14(20)18-13-7-11(16)10(15)6-12(13)17/h6-7,9H,2-5,8H2,1H3,(H,18,20). The Kier molecular flexibility index (Phi) is 5.56. The summed E-state index contributed by atoms with van der Waals surface area (Å²) in [5, 5.41) is 3.92. The molecule has 110 valence electrons. The number of anilines is 1. The van der Waals surface area contributed by atoms with Crippen molar-refractivity contribution in [2.45, 2.75) is 19.8 Å². The Balaban J connectivity index is 1.93. The van der Waals surface area contributed by atoms with Crippen LogP contribution in [0.5, 0.6) is 0 Å². The lowest BCUT2D eigenvalue weighted by atomic mass is 9.99. The third kappa shape index (κ3) is 4.26. The van der Waals surface area contributed by atoms with Gasteiger partial charge in [0.05, 0.1) is 27.3 Å². The monoisotopic (exact) mass is 334 g/mol. The largest absolute Gasteiger partial charge is 0.324 e. The SMILES string of the molecule is CC1CCN(CC(=O)Nc2cc(Cl)c(Cl)cc2Cl)CC1. The van der Waals surface area contributed by atoms with E-state index in [-0.39, 0.29) is 5.91 Å². The number of halogens is 3. The molecule has 1 aliphatic heterocycles. The fourth-order valence-corrected chi connectivity index (χ4v) is 2.83. The lowest BCUT2D eigenvalue weighted by Crippen LogP contribution is -2.38.